The van der Waals surface area contributed by atoms with Crippen LogP contribution in [0.25, 0.3) is 11.1 Å². The number of halogens is 3. The molecule has 0 aliphatic carbocycles. The first-order chi connectivity index (χ1) is 9.95. The second kappa shape index (κ2) is 5.83. The number of pyridine rings is 1. The molecule has 108 valence electrons. The molecule has 0 N–H and O–H groups in total. The number of hydrogen-bond donors (Lipinski definition) is 0. The van der Waals surface area contributed by atoms with Crippen molar-refractivity contribution >= 4 is 0 Å². The predicted molar refractivity (Wildman–Crippen MR) is 70.5 cm³/mol. The zero-order valence-corrected chi connectivity index (χ0v) is 11.1. The molecule has 1 heterocycles. The molecule has 0 aliphatic rings. The normalized spacial score (nSPS) is 11.0. The van der Waals surface area contributed by atoms with Gasteiger partial charge < -0.3 is 4.74 Å². The van der Waals surface area contributed by atoms with Gasteiger partial charge in [0.2, 0.25) is 5.88 Å². The first-order valence-electron chi connectivity index (χ1n) is 6.04. The van der Waals surface area contributed by atoms with Gasteiger partial charge in [0.15, 0.2) is 0 Å². The molecule has 2 aromatic rings. The molecule has 3 nitrogen and oxygen atoms in total. The number of hydrogen-bond acceptors (Lipinski definition) is 3. The molecule has 0 atom stereocenters. The van der Waals surface area contributed by atoms with Crippen molar-refractivity contribution < 1.29 is 17.9 Å². The highest BCUT2D eigenvalue weighted by Crippen LogP contribution is 2.34. The molecule has 0 amide bonds. The van der Waals surface area contributed by atoms with Gasteiger partial charge >= 0.3 is 6.18 Å². The maximum atomic E-state index is 12.7. The third-order valence-electron chi connectivity index (χ3n) is 2.87. The quantitative estimate of drug-likeness (QED) is 0.863. The molecule has 0 bridgehead atoms. The van der Waals surface area contributed by atoms with E-state index < -0.39 is 11.7 Å². The lowest BCUT2D eigenvalue weighted by molar-refractivity contribution is -0.137. The van der Waals surface area contributed by atoms with Crippen LogP contribution in [0, 0.1) is 11.3 Å². The number of ether oxygens (including phenoxy) is 1. The van der Waals surface area contributed by atoms with Crippen molar-refractivity contribution in [2.45, 2.75) is 12.6 Å². The molecule has 21 heavy (non-hydrogen) atoms. The van der Waals surface area contributed by atoms with Crippen molar-refractivity contribution in [1.29, 1.82) is 5.26 Å². The predicted octanol–water partition coefficient (Wildman–Crippen LogP) is 3.84. The van der Waals surface area contributed by atoms with Crippen LogP contribution in [0.3, 0.4) is 0 Å². The summed E-state index contributed by atoms with van der Waals surface area (Å²) >= 11 is 0. The van der Waals surface area contributed by atoms with Gasteiger partial charge in [0.1, 0.15) is 0 Å². The molecule has 0 saturated heterocycles. The zero-order valence-electron chi connectivity index (χ0n) is 11.1. The van der Waals surface area contributed by atoms with Crippen molar-refractivity contribution in [3.8, 4) is 23.1 Å². The Bertz CT molecular complexity index is 690. The average molecular weight is 292 g/mol. The Morgan fingerprint density at radius 3 is 2.62 bits per heavy atom. The van der Waals surface area contributed by atoms with Gasteiger partial charge in [-0.2, -0.15) is 18.4 Å². The molecule has 1 aromatic carbocycles. The third-order valence-corrected chi connectivity index (χ3v) is 2.87. The smallest absolute Gasteiger partial charge is 0.416 e. The summed E-state index contributed by atoms with van der Waals surface area (Å²) in [6, 6.07) is 10.1. The number of rotatable bonds is 3. The number of nitrogens with zero attached hydrogens (tertiary/aromatic N) is 2. The average Bonchev–Trinajstić information content (AvgIpc) is 2.46. The zero-order chi connectivity index (χ0) is 15.5. The maximum absolute atomic E-state index is 12.7. The van der Waals surface area contributed by atoms with Crippen molar-refractivity contribution in [3.05, 3.63) is 47.7 Å². The van der Waals surface area contributed by atoms with E-state index >= 15 is 0 Å². The fraction of sp³-hybridized carbons (Fsp3) is 0.200. The second-order valence-corrected chi connectivity index (χ2v) is 4.27. The SMILES string of the molecule is COc1nc(CC#N)ccc1-c1cccc(C(F)(F)F)c1. The van der Waals surface area contributed by atoms with Crippen LogP contribution in [0.2, 0.25) is 0 Å². The van der Waals surface area contributed by atoms with Crippen LogP contribution >= 0.6 is 0 Å². The summed E-state index contributed by atoms with van der Waals surface area (Å²) in [7, 11) is 1.38. The van der Waals surface area contributed by atoms with Gasteiger partial charge in [-0.3, -0.25) is 0 Å². The van der Waals surface area contributed by atoms with Crippen molar-refractivity contribution in [2.24, 2.45) is 0 Å². The van der Waals surface area contributed by atoms with Gasteiger partial charge in [0, 0.05) is 5.56 Å². The van der Waals surface area contributed by atoms with E-state index in [2.05, 4.69) is 4.98 Å². The van der Waals surface area contributed by atoms with Gasteiger partial charge in [0.25, 0.3) is 0 Å². The monoisotopic (exact) mass is 292 g/mol. The molecule has 0 spiro atoms. The summed E-state index contributed by atoms with van der Waals surface area (Å²) in [5, 5.41) is 8.64. The molecule has 0 fully saturated rings. The van der Waals surface area contributed by atoms with Gasteiger partial charge in [-0.1, -0.05) is 12.1 Å². The first-order valence-corrected chi connectivity index (χ1v) is 6.04. The Kier molecular flexibility index (Phi) is 4.13. The van der Waals surface area contributed by atoms with Crippen LogP contribution in [0.15, 0.2) is 36.4 Å². The first kappa shape index (κ1) is 14.9. The lowest BCUT2D eigenvalue weighted by Gasteiger charge is -2.11. The minimum absolute atomic E-state index is 0.110. The Labute approximate surface area is 119 Å². The molecular weight excluding hydrogens is 281 g/mol. The van der Waals surface area contributed by atoms with Crippen molar-refractivity contribution in [2.75, 3.05) is 7.11 Å². The van der Waals surface area contributed by atoms with Crippen LogP contribution in [0.5, 0.6) is 5.88 Å². The van der Waals surface area contributed by atoms with E-state index in [0.717, 1.165) is 12.1 Å². The highest BCUT2D eigenvalue weighted by molar-refractivity contribution is 5.69. The molecular formula is C15H11F3N2O. The van der Waals surface area contributed by atoms with Gasteiger partial charge in [-0.15, -0.1) is 0 Å². The Morgan fingerprint density at radius 1 is 1.24 bits per heavy atom. The van der Waals surface area contributed by atoms with E-state index in [0.29, 0.717) is 16.8 Å². The third kappa shape index (κ3) is 3.31. The van der Waals surface area contributed by atoms with Crippen molar-refractivity contribution in [3.63, 3.8) is 0 Å². The lowest BCUT2D eigenvalue weighted by Crippen LogP contribution is -2.04. The molecule has 0 saturated carbocycles. The molecule has 6 heteroatoms. The number of methoxy groups -OCH3 is 1. The Morgan fingerprint density at radius 2 is 2.00 bits per heavy atom. The summed E-state index contributed by atoms with van der Waals surface area (Å²) in [4.78, 5) is 4.12. The highest BCUT2D eigenvalue weighted by atomic mass is 19.4. The highest BCUT2D eigenvalue weighted by Gasteiger charge is 2.30. The molecule has 0 radical (unpaired) electrons. The van der Waals surface area contributed by atoms with E-state index in [1.54, 1.807) is 18.2 Å². The largest absolute Gasteiger partial charge is 0.481 e. The summed E-state index contributed by atoms with van der Waals surface area (Å²) in [5.74, 6) is 0.196. The van der Waals surface area contributed by atoms with E-state index in [9.17, 15) is 13.2 Å². The van der Waals surface area contributed by atoms with Crippen LogP contribution in [-0.2, 0) is 12.6 Å². The van der Waals surface area contributed by atoms with E-state index in [-0.39, 0.29) is 12.3 Å². The van der Waals surface area contributed by atoms with Crippen LogP contribution in [0.1, 0.15) is 11.3 Å². The van der Waals surface area contributed by atoms with Crippen molar-refractivity contribution in [1.82, 2.24) is 4.98 Å². The number of benzene rings is 1. The molecule has 1 aromatic heterocycles. The molecule has 0 aliphatic heterocycles. The number of nitriles is 1. The fourth-order valence-corrected chi connectivity index (χ4v) is 1.90. The van der Waals surface area contributed by atoms with Gasteiger partial charge in [-0.25, -0.2) is 4.98 Å². The minimum Gasteiger partial charge on any atom is -0.481 e. The Hall–Kier alpha value is -2.55. The van der Waals surface area contributed by atoms with Gasteiger partial charge in [0.05, 0.1) is 30.9 Å². The lowest BCUT2D eigenvalue weighted by atomic mass is 10.0. The van der Waals surface area contributed by atoms with Crippen LogP contribution < -0.4 is 4.74 Å². The van der Waals surface area contributed by atoms with Crippen LogP contribution in [0.4, 0.5) is 13.2 Å². The second-order valence-electron chi connectivity index (χ2n) is 4.27. The van der Waals surface area contributed by atoms with E-state index in [4.69, 9.17) is 10.00 Å². The van der Waals surface area contributed by atoms with E-state index in [1.165, 1.54) is 13.2 Å². The van der Waals surface area contributed by atoms with Gasteiger partial charge in [-0.05, 0) is 29.8 Å². The molecule has 0 unspecified atom stereocenters. The standard InChI is InChI=1S/C15H11F3N2O/c1-21-14-13(6-5-12(20-14)7-8-19)10-3-2-4-11(9-10)15(16,17)18/h2-6,9H,7H2,1H3. The fourth-order valence-electron chi connectivity index (χ4n) is 1.90. The summed E-state index contributed by atoms with van der Waals surface area (Å²) in [6.07, 6.45) is -4.29. The summed E-state index contributed by atoms with van der Waals surface area (Å²) < 4.78 is 43.4. The Balaban J connectivity index is 2.49. The maximum Gasteiger partial charge on any atom is 0.416 e. The number of alkyl halides is 3. The minimum atomic E-state index is -4.41. The number of aromatic nitrogens is 1. The van der Waals surface area contributed by atoms with Crippen LogP contribution in [-0.4, -0.2) is 12.1 Å². The van der Waals surface area contributed by atoms with E-state index in [1.807, 2.05) is 6.07 Å². The summed E-state index contributed by atoms with van der Waals surface area (Å²) in [6.45, 7) is 0. The summed E-state index contributed by atoms with van der Waals surface area (Å²) in [5.41, 5.74) is 0.580. The topological polar surface area (TPSA) is 45.9 Å². The molecule has 2 rings (SSSR count).